The van der Waals surface area contributed by atoms with Gasteiger partial charge in [-0.15, -0.1) is 0 Å². The Labute approximate surface area is 124 Å². The molecule has 20 heavy (non-hydrogen) atoms. The van der Waals surface area contributed by atoms with Crippen LogP contribution in [-0.4, -0.2) is 19.4 Å². The number of carbonyl (C=O) groups is 2. The Morgan fingerprint density at radius 3 is 2.40 bits per heavy atom. The summed E-state index contributed by atoms with van der Waals surface area (Å²) in [6, 6.07) is 11.3. The van der Waals surface area contributed by atoms with E-state index in [4.69, 9.17) is 9.47 Å². The van der Waals surface area contributed by atoms with Crippen molar-refractivity contribution in [2.75, 3.05) is 7.11 Å². The highest BCUT2D eigenvalue weighted by Crippen LogP contribution is 2.26. The molecule has 0 aliphatic heterocycles. The van der Waals surface area contributed by atoms with Crippen molar-refractivity contribution >= 4 is 28.2 Å². The maximum atomic E-state index is 12.0. The number of halogens is 1. The molecular formula is C15H11BrO4. The SMILES string of the molecule is COc1ccc(C(=O)Oc2ccc(C=O)cc2Br)cc1. The third-order valence-corrected chi connectivity index (χ3v) is 3.24. The molecule has 0 N–H and O–H groups in total. The Hall–Kier alpha value is -2.14. The number of methoxy groups -OCH3 is 1. The minimum Gasteiger partial charge on any atom is -0.497 e. The standard InChI is InChI=1S/C15H11BrO4/c1-19-12-5-3-11(4-6-12)15(18)20-14-7-2-10(9-17)8-13(14)16/h2-9H,1H3. The van der Waals surface area contributed by atoms with Gasteiger partial charge in [0.25, 0.3) is 0 Å². The first kappa shape index (κ1) is 14.3. The summed E-state index contributed by atoms with van der Waals surface area (Å²) in [5.41, 5.74) is 0.915. The third-order valence-electron chi connectivity index (χ3n) is 2.62. The van der Waals surface area contributed by atoms with Gasteiger partial charge in [0, 0.05) is 5.56 Å². The fraction of sp³-hybridized carbons (Fsp3) is 0.0667. The molecule has 0 bridgehead atoms. The molecule has 102 valence electrons. The van der Waals surface area contributed by atoms with Crippen LogP contribution in [0.25, 0.3) is 0 Å². The molecule has 0 fully saturated rings. The second-order valence-electron chi connectivity index (χ2n) is 3.93. The quantitative estimate of drug-likeness (QED) is 0.488. The van der Waals surface area contributed by atoms with Gasteiger partial charge in [0.2, 0.25) is 0 Å². The molecule has 2 aromatic carbocycles. The Morgan fingerprint density at radius 2 is 1.85 bits per heavy atom. The molecule has 0 unspecified atom stereocenters. The Kier molecular flexibility index (Phi) is 4.53. The molecule has 2 aromatic rings. The maximum Gasteiger partial charge on any atom is 0.343 e. The zero-order valence-electron chi connectivity index (χ0n) is 10.6. The largest absolute Gasteiger partial charge is 0.497 e. The van der Waals surface area contributed by atoms with Crippen LogP contribution in [0, 0.1) is 0 Å². The van der Waals surface area contributed by atoms with E-state index >= 15 is 0 Å². The summed E-state index contributed by atoms with van der Waals surface area (Å²) in [6.07, 6.45) is 0.722. The van der Waals surface area contributed by atoms with Crippen LogP contribution in [-0.2, 0) is 0 Å². The van der Waals surface area contributed by atoms with Crippen molar-refractivity contribution < 1.29 is 19.1 Å². The summed E-state index contributed by atoms with van der Waals surface area (Å²) in [4.78, 5) is 22.6. The van der Waals surface area contributed by atoms with E-state index in [9.17, 15) is 9.59 Å². The average Bonchev–Trinajstić information content (AvgIpc) is 2.49. The van der Waals surface area contributed by atoms with Crippen LogP contribution in [0.3, 0.4) is 0 Å². The van der Waals surface area contributed by atoms with E-state index in [0.717, 1.165) is 6.29 Å². The van der Waals surface area contributed by atoms with Crippen molar-refractivity contribution in [3.63, 3.8) is 0 Å². The molecule has 0 amide bonds. The van der Waals surface area contributed by atoms with Gasteiger partial charge in [0.15, 0.2) is 0 Å². The summed E-state index contributed by atoms with van der Waals surface area (Å²) in [6.45, 7) is 0. The molecular weight excluding hydrogens is 324 g/mol. The van der Waals surface area contributed by atoms with Gasteiger partial charge in [-0.3, -0.25) is 4.79 Å². The van der Waals surface area contributed by atoms with Crippen LogP contribution in [0.2, 0.25) is 0 Å². The highest BCUT2D eigenvalue weighted by Gasteiger charge is 2.11. The van der Waals surface area contributed by atoms with E-state index in [1.165, 1.54) is 0 Å². The molecule has 0 saturated heterocycles. The van der Waals surface area contributed by atoms with Crippen LogP contribution in [0.5, 0.6) is 11.5 Å². The van der Waals surface area contributed by atoms with Gasteiger partial charge >= 0.3 is 5.97 Å². The average molecular weight is 335 g/mol. The second-order valence-corrected chi connectivity index (χ2v) is 4.78. The van der Waals surface area contributed by atoms with E-state index < -0.39 is 5.97 Å². The molecule has 0 aliphatic rings. The molecule has 0 atom stereocenters. The minimum atomic E-state index is -0.479. The number of ether oxygens (including phenoxy) is 2. The van der Waals surface area contributed by atoms with Gasteiger partial charge < -0.3 is 9.47 Å². The lowest BCUT2D eigenvalue weighted by atomic mass is 10.2. The Morgan fingerprint density at radius 1 is 1.15 bits per heavy atom. The van der Waals surface area contributed by atoms with E-state index in [1.807, 2.05) is 0 Å². The molecule has 0 saturated carbocycles. The second kappa shape index (κ2) is 6.34. The molecule has 0 heterocycles. The van der Waals surface area contributed by atoms with Crippen molar-refractivity contribution in [1.82, 2.24) is 0 Å². The number of benzene rings is 2. The number of hydrogen-bond donors (Lipinski definition) is 0. The van der Waals surface area contributed by atoms with E-state index in [0.29, 0.717) is 27.1 Å². The zero-order chi connectivity index (χ0) is 14.5. The first-order valence-electron chi connectivity index (χ1n) is 5.75. The highest BCUT2D eigenvalue weighted by molar-refractivity contribution is 9.10. The van der Waals surface area contributed by atoms with Crippen molar-refractivity contribution in [2.45, 2.75) is 0 Å². The summed E-state index contributed by atoms with van der Waals surface area (Å²) < 4.78 is 10.8. The monoisotopic (exact) mass is 334 g/mol. The Bertz CT molecular complexity index is 635. The van der Waals surface area contributed by atoms with Gasteiger partial charge in [-0.2, -0.15) is 0 Å². The number of rotatable bonds is 4. The molecule has 4 nitrogen and oxygen atoms in total. The summed E-state index contributed by atoms with van der Waals surface area (Å²) in [5.74, 6) is 0.543. The predicted octanol–water partition coefficient (Wildman–Crippen LogP) is 3.49. The van der Waals surface area contributed by atoms with Crippen LogP contribution in [0.1, 0.15) is 20.7 Å². The van der Waals surface area contributed by atoms with Crippen LogP contribution >= 0.6 is 15.9 Å². The van der Waals surface area contributed by atoms with Crippen LogP contribution in [0.4, 0.5) is 0 Å². The third kappa shape index (κ3) is 3.24. The maximum absolute atomic E-state index is 12.0. The summed E-state index contributed by atoms with van der Waals surface area (Å²) >= 11 is 3.26. The van der Waals surface area contributed by atoms with E-state index in [2.05, 4.69) is 15.9 Å². The van der Waals surface area contributed by atoms with E-state index in [-0.39, 0.29) is 0 Å². The topological polar surface area (TPSA) is 52.6 Å². The van der Waals surface area contributed by atoms with E-state index in [1.54, 1.807) is 49.6 Å². The fourth-order valence-electron chi connectivity index (χ4n) is 1.56. The smallest absolute Gasteiger partial charge is 0.343 e. The van der Waals surface area contributed by atoms with Gasteiger partial charge in [-0.05, 0) is 58.4 Å². The number of hydrogen-bond acceptors (Lipinski definition) is 4. The number of carbonyl (C=O) groups excluding carboxylic acids is 2. The van der Waals surface area contributed by atoms with Crippen molar-refractivity contribution in [1.29, 1.82) is 0 Å². The molecule has 0 aliphatic carbocycles. The lowest BCUT2D eigenvalue weighted by Gasteiger charge is -2.07. The van der Waals surface area contributed by atoms with Crippen LogP contribution in [0.15, 0.2) is 46.9 Å². The van der Waals surface area contributed by atoms with Crippen molar-refractivity contribution in [3.05, 3.63) is 58.1 Å². The lowest BCUT2D eigenvalue weighted by molar-refractivity contribution is 0.0733. The number of aldehydes is 1. The van der Waals surface area contributed by atoms with Crippen LogP contribution < -0.4 is 9.47 Å². The van der Waals surface area contributed by atoms with Crippen molar-refractivity contribution in [3.8, 4) is 11.5 Å². The van der Waals surface area contributed by atoms with Crippen molar-refractivity contribution in [2.24, 2.45) is 0 Å². The fourth-order valence-corrected chi connectivity index (χ4v) is 2.04. The zero-order valence-corrected chi connectivity index (χ0v) is 12.2. The number of esters is 1. The summed E-state index contributed by atoms with van der Waals surface area (Å²) in [5, 5.41) is 0. The molecule has 2 rings (SSSR count). The summed E-state index contributed by atoms with van der Waals surface area (Å²) in [7, 11) is 1.55. The van der Waals surface area contributed by atoms with Gasteiger partial charge in [0.05, 0.1) is 17.1 Å². The highest BCUT2D eigenvalue weighted by atomic mass is 79.9. The van der Waals surface area contributed by atoms with Gasteiger partial charge in [-0.1, -0.05) is 0 Å². The Balaban J connectivity index is 2.16. The normalized spacial score (nSPS) is 9.90. The first-order valence-corrected chi connectivity index (χ1v) is 6.54. The lowest BCUT2D eigenvalue weighted by Crippen LogP contribution is -2.08. The van der Waals surface area contributed by atoms with Gasteiger partial charge in [-0.25, -0.2) is 4.79 Å². The minimum absolute atomic E-state index is 0.358. The first-order chi connectivity index (χ1) is 9.63. The molecule has 0 aromatic heterocycles. The van der Waals surface area contributed by atoms with Gasteiger partial charge in [0.1, 0.15) is 17.8 Å². The predicted molar refractivity (Wildman–Crippen MR) is 77.5 cm³/mol. The molecule has 0 spiro atoms. The molecule has 5 heteroatoms. The molecule has 0 radical (unpaired) electrons.